The van der Waals surface area contributed by atoms with Gasteiger partial charge in [-0.05, 0) is 51.8 Å². The Kier molecular flexibility index (Phi) is 6.17. The van der Waals surface area contributed by atoms with Gasteiger partial charge < -0.3 is 9.84 Å². The molecular formula is C23H29NO3. The van der Waals surface area contributed by atoms with Crippen molar-refractivity contribution in [3.05, 3.63) is 64.7 Å². The lowest BCUT2D eigenvalue weighted by atomic mass is 9.89. The minimum absolute atomic E-state index is 0.132. The Morgan fingerprint density at radius 2 is 1.89 bits per heavy atom. The number of hydrogen-bond acceptors (Lipinski definition) is 3. The van der Waals surface area contributed by atoms with Crippen molar-refractivity contribution >= 4 is 5.97 Å². The predicted molar refractivity (Wildman–Crippen MR) is 107 cm³/mol. The number of aliphatic carboxylic acids is 1. The molecule has 0 amide bonds. The molecule has 0 saturated carbocycles. The second kappa shape index (κ2) is 8.57. The average molecular weight is 367 g/mol. The number of carboxylic acids is 1. The van der Waals surface area contributed by atoms with Crippen molar-refractivity contribution < 1.29 is 14.6 Å². The SMILES string of the molecule is CCOc1ccccc1C(c1cc(C)cc(C)c1)N1CCCCC1C(=O)O. The Labute approximate surface area is 161 Å². The molecule has 2 atom stereocenters. The van der Waals surface area contributed by atoms with Gasteiger partial charge >= 0.3 is 5.97 Å². The first-order valence-electron chi connectivity index (χ1n) is 9.79. The predicted octanol–water partition coefficient (Wildman–Crippen LogP) is 4.73. The van der Waals surface area contributed by atoms with Gasteiger partial charge in [-0.15, -0.1) is 0 Å². The monoisotopic (exact) mass is 367 g/mol. The number of hydrogen-bond donors (Lipinski definition) is 1. The largest absolute Gasteiger partial charge is 0.494 e. The highest BCUT2D eigenvalue weighted by atomic mass is 16.5. The van der Waals surface area contributed by atoms with E-state index in [1.807, 2.05) is 25.1 Å². The van der Waals surface area contributed by atoms with E-state index in [2.05, 4.69) is 43.0 Å². The van der Waals surface area contributed by atoms with Crippen LogP contribution in [-0.2, 0) is 4.79 Å². The third-order valence-electron chi connectivity index (χ3n) is 5.23. The molecule has 1 N–H and O–H groups in total. The first-order chi connectivity index (χ1) is 13.0. The minimum atomic E-state index is -0.738. The molecule has 3 rings (SSSR count). The van der Waals surface area contributed by atoms with Crippen molar-refractivity contribution in [2.24, 2.45) is 0 Å². The van der Waals surface area contributed by atoms with Gasteiger partial charge in [-0.3, -0.25) is 9.69 Å². The average Bonchev–Trinajstić information content (AvgIpc) is 2.63. The number of piperidine rings is 1. The lowest BCUT2D eigenvalue weighted by molar-refractivity contribution is -0.145. The summed E-state index contributed by atoms with van der Waals surface area (Å²) in [6.07, 6.45) is 2.66. The standard InChI is InChI=1S/C23H29NO3/c1-4-27-21-11-6-5-9-19(21)22(18-14-16(2)13-17(3)15-18)24-12-8-7-10-20(24)23(25)26/h5-6,9,11,13-15,20,22H,4,7-8,10,12H2,1-3H3,(H,25,26). The van der Waals surface area contributed by atoms with Crippen LogP contribution in [0.15, 0.2) is 42.5 Å². The molecule has 1 aliphatic rings. The highest BCUT2D eigenvalue weighted by Gasteiger charge is 2.36. The maximum Gasteiger partial charge on any atom is 0.320 e. The van der Waals surface area contributed by atoms with Crippen molar-refractivity contribution in [1.29, 1.82) is 0 Å². The van der Waals surface area contributed by atoms with Crippen LogP contribution in [0.4, 0.5) is 0 Å². The Balaban J connectivity index is 2.16. The molecule has 0 spiro atoms. The van der Waals surface area contributed by atoms with E-state index < -0.39 is 12.0 Å². The van der Waals surface area contributed by atoms with Crippen LogP contribution in [0.3, 0.4) is 0 Å². The van der Waals surface area contributed by atoms with E-state index in [9.17, 15) is 9.90 Å². The summed E-state index contributed by atoms with van der Waals surface area (Å²) in [6.45, 7) is 7.51. The summed E-state index contributed by atoms with van der Waals surface area (Å²) < 4.78 is 5.91. The van der Waals surface area contributed by atoms with Crippen molar-refractivity contribution in [1.82, 2.24) is 4.90 Å². The fourth-order valence-corrected chi connectivity index (χ4v) is 4.24. The van der Waals surface area contributed by atoms with Gasteiger partial charge in [-0.25, -0.2) is 0 Å². The van der Waals surface area contributed by atoms with Gasteiger partial charge in [0.25, 0.3) is 0 Å². The second-order valence-electron chi connectivity index (χ2n) is 7.38. The summed E-state index contributed by atoms with van der Waals surface area (Å²) in [5.74, 6) is 0.0943. The van der Waals surface area contributed by atoms with Crippen molar-refractivity contribution in [2.45, 2.75) is 52.1 Å². The van der Waals surface area contributed by atoms with Gasteiger partial charge in [0.15, 0.2) is 0 Å². The van der Waals surface area contributed by atoms with Crippen LogP contribution in [-0.4, -0.2) is 35.2 Å². The van der Waals surface area contributed by atoms with Crippen LogP contribution in [0.5, 0.6) is 5.75 Å². The molecule has 27 heavy (non-hydrogen) atoms. The van der Waals surface area contributed by atoms with Crippen LogP contribution in [0.1, 0.15) is 54.5 Å². The first-order valence-corrected chi connectivity index (χ1v) is 9.79. The van der Waals surface area contributed by atoms with Crippen molar-refractivity contribution in [3.8, 4) is 5.75 Å². The molecule has 1 heterocycles. The van der Waals surface area contributed by atoms with Crippen LogP contribution >= 0.6 is 0 Å². The second-order valence-corrected chi connectivity index (χ2v) is 7.38. The maximum absolute atomic E-state index is 12.0. The smallest absolute Gasteiger partial charge is 0.320 e. The Morgan fingerprint density at radius 1 is 1.19 bits per heavy atom. The van der Waals surface area contributed by atoms with E-state index in [1.165, 1.54) is 11.1 Å². The molecular weight excluding hydrogens is 338 g/mol. The molecule has 1 fully saturated rings. The van der Waals surface area contributed by atoms with Gasteiger partial charge in [-0.1, -0.05) is 53.9 Å². The normalized spacial score (nSPS) is 18.9. The van der Waals surface area contributed by atoms with Crippen LogP contribution in [0.25, 0.3) is 0 Å². The molecule has 0 radical (unpaired) electrons. The molecule has 1 aliphatic heterocycles. The van der Waals surface area contributed by atoms with E-state index in [0.717, 1.165) is 36.3 Å². The number of likely N-dealkylation sites (tertiary alicyclic amines) is 1. The highest BCUT2D eigenvalue weighted by molar-refractivity contribution is 5.73. The number of rotatable bonds is 6. The first kappa shape index (κ1) is 19.4. The molecule has 0 bridgehead atoms. The summed E-state index contributed by atoms with van der Waals surface area (Å²) in [5, 5.41) is 9.86. The molecule has 0 aliphatic carbocycles. The summed E-state index contributed by atoms with van der Waals surface area (Å²) in [7, 11) is 0. The Hall–Kier alpha value is -2.33. The third-order valence-corrected chi connectivity index (χ3v) is 5.23. The molecule has 144 valence electrons. The fraction of sp³-hybridized carbons (Fsp3) is 0.435. The summed E-state index contributed by atoms with van der Waals surface area (Å²) >= 11 is 0. The third kappa shape index (κ3) is 4.33. The highest BCUT2D eigenvalue weighted by Crippen LogP contribution is 2.39. The Morgan fingerprint density at radius 3 is 2.56 bits per heavy atom. The number of nitrogens with zero attached hydrogens (tertiary/aromatic N) is 1. The van der Waals surface area contributed by atoms with Crippen molar-refractivity contribution in [3.63, 3.8) is 0 Å². The lowest BCUT2D eigenvalue weighted by Crippen LogP contribution is -2.47. The van der Waals surface area contributed by atoms with Gasteiger partial charge in [0.1, 0.15) is 11.8 Å². The summed E-state index contributed by atoms with van der Waals surface area (Å²) in [5.41, 5.74) is 4.55. The van der Waals surface area contributed by atoms with Gasteiger partial charge in [0, 0.05) is 5.56 Å². The van der Waals surface area contributed by atoms with E-state index >= 15 is 0 Å². The molecule has 2 unspecified atom stereocenters. The number of aryl methyl sites for hydroxylation is 2. The van der Waals surface area contributed by atoms with Crippen LogP contribution in [0.2, 0.25) is 0 Å². The number of para-hydroxylation sites is 1. The molecule has 4 heteroatoms. The number of benzene rings is 2. The lowest BCUT2D eigenvalue weighted by Gasteiger charge is -2.40. The quantitative estimate of drug-likeness (QED) is 0.802. The minimum Gasteiger partial charge on any atom is -0.494 e. The van der Waals surface area contributed by atoms with E-state index in [-0.39, 0.29) is 6.04 Å². The molecule has 4 nitrogen and oxygen atoms in total. The van der Waals surface area contributed by atoms with Crippen LogP contribution < -0.4 is 4.74 Å². The summed E-state index contributed by atoms with van der Waals surface area (Å²) in [4.78, 5) is 14.2. The fourth-order valence-electron chi connectivity index (χ4n) is 4.24. The van der Waals surface area contributed by atoms with Gasteiger partial charge in [-0.2, -0.15) is 0 Å². The number of carboxylic acid groups (broad SMARTS) is 1. The molecule has 2 aromatic carbocycles. The van der Waals surface area contributed by atoms with Crippen molar-refractivity contribution in [2.75, 3.05) is 13.2 Å². The van der Waals surface area contributed by atoms with Gasteiger partial charge in [0.05, 0.1) is 12.6 Å². The molecule has 2 aromatic rings. The molecule has 1 saturated heterocycles. The zero-order chi connectivity index (χ0) is 19.4. The Bertz CT molecular complexity index is 782. The topological polar surface area (TPSA) is 49.8 Å². The van der Waals surface area contributed by atoms with Gasteiger partial charge in [0.2, 0.25) is 0 Å². The van der Waals surface area contributed by atoms with E-state index in [4.69, 9.17) is 4.74 Å². The zero-order valence-corrected chi connectivity index (χ0v) is 16.4. The van der Waals surface area contributed by atoms with Crippen LogP contribution in [0, 0.1) is 13.8 Å². The molecule has 0 aromatic heterocycles. The number of carbonyl (C=O) groups is 1. The van der Waals surface area contributed by atoms with E-state index in [1.54, 1.807) is 0 Å². The van der Waals surface area contributed by atoms with E-state index in [0.29, 0.717) is 13.0 Å². The maximum atomic E-state index is 12.0. The summed E-state index contributed by atoms with van der Waals surface area (Å²) in [6, 6.07) is 13.9. The zero-order valence-electron chi connectivity index (χ0n) is 16.4. The number of ether oxygens (including phenoxy) is 1.